The van der Waals surface area contributed by atoms with Crippen molar-refractivity contribution >= 4 is 11.6 Å². The fraction of sp³-hybridized carbons (Fsp3) is 0.316. The largest absolute Gasteiger partial charge is 0.480 e. The number of fused-ring (bicyclic) bond motifs is 1. The van der Waals surface area contributed by atoms with Crippen LogP contribution in [0.15, 0.2) is 48.5 Å². The van der Waals surface area contributed by atoms with Gasteiger partial charge in [0.25, 0.3) is 5.91 Å². The first-order valence-electron chi connectivity index (χ1n) is 7.90. The Morgan fingerprint density at radius 2 is 1.95 bits per heavy atom. The van der Waals surface area contributed by atoms with Crippen LogP contribution < -0.4 is 10.1 Å². The molecule has 2 aromatic rings. The van der Waals surface area contributed by atoms with Gasteiger partial charge >= 0.3 is 0 Å². The number of carbonyl (C=O) groups excluding carboxylic acids is 1. The molecule has 1 heterocycles. The number of nitrogens with one attached hydrogen (secondary N) is 1. The van der Waals surface area contributed by atoms with Crippen molar-refractivity contribution in [3.8, 4) is 5.75 Å². The molecule has 1 aliphatic rings. The first kappa shape index (κ1) is 14.6. The van der Waals surface area contributed by atoms with E-state index in [1.165, 1.54) is 18.4 Å². The summed E-state index contributed by atoms with van der Waals surface area (Å²) in [5.74, 6) is 0.732. The van der Waals surface area contributed by atoms with Gasteiger partial charge in [0.05, 0.1) is 0 Å². The van der Waals surface area contributed by atoms with Gasteiger partial charge in [0.15, 0.2) is 6.10 Å². The second-order valence-corrected chi connectivity index (χ2v) is 5.71. The lowest BCUT2D eigenvalue weighted by molar-refractivity contribution is -0.122. The van der Waals surface area contributed by atoms with E-state index in [0.717, 1.165) is 23.4 Å². The van der Waals surface area contributed by atoms with E-state index in [0.29, 0.717) is 6.42 Å². The Balaban J connectivity index is 1.58. The highest BCUT2D eigenvalue weighted by Gasteiger charge is 2.28. The van der Waals surface area contributed by atoms with Crippen LogP contribution in [0.25, 0.3) is 0 Å². The fourth-order valence-corrected chi connectivity index (χ4v) is 2.69. The van der Waals surface area contributed by atoms with E-state index in [1.807, 2.05) is 36.4 Å². The van der Waals surface area contributed by atoms with Crippen molar-refractivity contribution in [2.45, 2.75) is 38.7 Å². The van der Waals surface area contributed by atoms with Crippen molar-refractivity contribution < 1.29 is 9.53 Å². The third-order valence-electron chi connectivity index (χ3n) is 3.98. The molecule has 0 fully saturated rings. The molecule has 1 N–H and O–H groups in total. The monoisotopic (exact) mass is 295 g/mol. The number of carbonyl (C=O) groups is 1. The van der Waals surface area contributed by atoms with Gasteiger partial charge in [-0.15, -0.1) is 0 Å². The van der Waals surface area contributed by atoms with Crippen LogP contribution in [0.4, 0.5) is 5.69 Å². The maximum atomic E-state index is 12.3. The van der Waals surface area contributed by atoms with Crippen LogP contribution in [-0.4, -0.2) is 12.0 Å². The van der Waals surface area contributed by atoms with E-state index < -0.39 is 6.10 Å². The van der Waals surface area contributed by atoms with E-state index >= 15 is 0 Å². The number of hydrogen-bond donors (Lipinski definition) is 1. The normalized spacial score (nSPS) is 16.0. The first-order valence-corrected chi connectivity index (χ1v) is 7.90. The summed E-state index contributed by atoms with van der Waals surface area (Å²) in [6.45, 7) is 2.19. The van der Waals surface area contributed by atoms with Gasteiger partial charge in [-0.1, -0.05) is 43.7 Å². The maximum Gasteiger partial charge on any atom is 0.265 e. The molecule has 0 radical (unpaired) electrons. The third-order valence-corrected chi connectivity index (χ3v) is 3.98. The molecule has 3 rings (SSSR count). The molecule has 0 aliphatic carbocycles. The van der Waals surface area contributed by atoms with E-state index in [1.54, 1.807) is 0 Å². The van der Waals surface area contributed by atoms with Crippen LogP contribution in [-0.2, 0) is 17.6 Å². The lowest BCUT2D eigenvalue weighted by Gasteiger charge is -2.11. The molecule has 0 saturated heterocycles. The van der Waals surface area contributed by atoms with Gasteiger partial charge in [-0.05, 0) is 42.2 Å². The van der Waals surface area contributed by atoms with Crippen LogP contribution in [0.3, 0.4) is 0 Å². The summed E-state index contributed by atoms with van der Waals surface area (Å²) in [6.07, 6.45) is 3.68. The van der Waals surface area contributed by atoms with Gasteiger partial charge in [-0.3, -0.25) is 4.79 Å². The molecule has 1 amide bonds. The minimum atomic E-state index is -0.433. The Morgan fingerprint density at radius 3 is 2.68 bits per heavy atom. The Hall–Kier alpha value is -2.29. The number of aryl methyl sites for hydroxylation is 1. The number of hydrogen-bond acceptors (Lipinski definition) is 2. The molecule has 3 nitrogen and oxygen atoms in total. The standard InChI is InChI=1S/C19H21NO2/c1-2-3-6-14-9-11-16(12-10-14)20-19(21)18-13-15-7-4-5-8-17(15)22-18/h4-5,7-12,18H,2-3,6,13H2,1H3,(H,20,21). The Morgan fingerprint density at radius 1 is 1.18 bits per heavy atom. The van der Waals surface area contributed by atoms with Crippen molar-refractivity contribution in [1.82, 2.24) is 0 Å². The minimum absolute atomic E-state index is 0.0856. The maximum absolute atomic E-state index is 12.3. The summed E-state index contributed by atoms with van der Waals surface area (Å²) >= 11 is 0. The highest BCUT2D eigenvalue weighted by Crippen LogP contribution is 2.28. The first-order chi connectivity index (χ1) is 10.8. The Kier molecular flexibility index (Phi) is 4.42. The number of amides is 1. The number of ether oxygens (including phenoxy) is 1. The van der Waals surface area contributed by atoms with E-state index in [-0.39, 0.29) is 5.91 Å². The third kappa shape index (κ3) is 3.30. The Labute approximate surface area is 131 Å². The molecular weight excluding hydrogens is 274 g/mol. The number of benzene rings is 2. The zero-order valence-electron chi connectivity index (χ0n) is 12.8. The Bertz CT molecular complexity index is 624. The predicted octanol–water partition coefficient (Wildman–Crippen LogP) is 3.97. The highest BCUT2D eigenvalue weighted by molar-refractivity contribution is 5.95. The number of rotatable bonds is 5. The zero-order valence-corrected chi connectivity index (χ0v) is 12.8. The second kappa shape index (κ2) is 6.65. The molecule has 1 aliphatic heterocycles. The average Bonchev–Trinajstić information content (AvgIpc) is 2.98. The van der Waals surface area contributed by atoms with Crippen LogP contribution in [0.5, 0.6) is 5.75 Å². The van der Waals surface area contributed by atoms with Crippen molar-refractivity contribution in [2.24, 2.45) is 0 Å². The van der Waals surface area contributed by atoms with Crippen LogP contribution >= 0.6 is 0 Å². The van der Waals surface area contributed by atoms with Gasteiger partial charge in [0, 0.05) is 12.1 Å². The van der Waals surface area contributed by atoms with Crippen molar-refractivity contribution in [3.63, 3.8) is 0 Å². The summed E-state index contributed by atoms with van der Waals surface area (Å²) in [5.41, 5.74) is 3.23. The summed E-state index contributed by atoms with van der Waals surface area (Å²) < 4.78 is 5.71. The van der Waals surface area contributed by atoms with Gasteiger partial charge in [-0.25, -0.2) is 0 Å². The van der Waals surface area contributed by atoms with Gasteiger partial charge in [0.2, 0.25) is 0 Å². The summed E-state index contributed by atoms with van der Waals surface area (Å²) in [4.78, 5) is 12.3. The molecule has 1 unspecified atom stereocenters. The van der Waals surface area contributed by atoms with Crippen molar-refractivity contribution in [2.75, 3.05) is 5.32 Å². The average molecular weight is 295 g/mol. The van der Waals surface area contributed by atoms with Crippen LogP contribution in [0, 0.1) is 0 Å². The molecule has 22 heavy (non-hydrogen) atoms. The summed E-state index contributed by atoms with van der Waals surface area (Å²) in [5, 5.41) is 2.94. The van der Waals surface area contributed by atoms with Crippen LogP contribution in [0.2, 0.25) is 0 Å². The van der Waals surface area contributed by atoms with Crippen LogP contribution in [0.1, 0.15) is 30.9 Å². The smallest absolute Gasteiger partial charge is 0.265 e. The fourth-order valence-electron chi connectivity index (χ4n) is 2.69. The van der Waals surface area contributed by atoms with E-state index in [4.69, 9.17) is 4.74 Å². The molecule has 2 aromatic carbocycles. The molecule has 0 saturated carbocycles. The van der Waals surface area contributed by atoms with E-state index in [2.05, 4.69) is 24.4 Å². The number of para-hydroxylation sites is 1. The summed E-state index contributed by atoms with van der Waals surface area (Å²) in [7, 11) is 0. The molecule has 0 bridgehead atoms. The van der Waals surface area contributed by atoms with E-state index in [9.17, 15) is 4.79 Å². The zero-order chi connectivity index (χ0) is 15.4. The molecule has 114 valence electrons. The van der Waals surface area contributed by atoms with Gasteiger partial charge in [-0.2, -0.15) is 0 Å². The highest BCUT2D eigenvalue weighted by atomic mass is 16.5. The quantitative estimate of drug-likeness (QED) is 0.906. The number of unbranched alkanes of at least 4 members (excludes halogenated alkanes) is 1. The lowest BCUT2D eigenvalue weighted by Crippen LogP contribution is -2.31. The molecule has 1 atom stereocenters. The van der Waals surface area contributed by atoms with Crippen molar-refractivity contribution in [1.29, 1.82) is 0 Å². The summed E-state index contributed by atoms with van der Waals surface area (Å²) in [6, 6.07) is 15.9. The van der Waals surface area contributed by atoms with Crippen molar-refractivity contribution in [3.05, 3.63) is 59.7 Å². The molecular formula is C19H21NO2. The predicted molar refractivity (Wildman–Crippen MR) is 88.2 cm³/mol. The molecule has 0 aromatic heterocycles. The lowest BCUT2D eigenvalue weighted by atomic mass is 10.1. The minimum Gasteiger partial charge on any atom is -0.480 e. The number of anilines is 1. The van der Waals surface area contributed by atoms with Gasteiger partial charge < -0.3 is 10.1 Å². The topological polar surface area (TPSA) is 38.3 Å². The van der Waals surface area contributed by atoms with Gasteiger partial charge in [0.1, 0.15) is 5.75 Å². The molecule has 0 spiro atoms. The SMILES string of the molecule is CCCCc1ccc(NC(=O)C2Cc3ccccc3O2)cc1. The second-order valence-electron chi connectivity index (χ2n) is 5.71. The molecule has 3 heteroatoms.